The molecule has 31 heavy (non-hydrogen) atoms. The molecule has 0 heterocycles. The van der Waals surface area contributed by atoms with E-state index in [1.807, 2.05) is 0 Å². The van der Waals surface area contributed by atoms with E-state index in [0.29, 0.717) is 28.6 Å². The van der Waals surface area contributed by atoms with Crippen LogP contribution in [0.25, 0.3) is 0 Å². The highest BCUT2D eigenvalue weighted by molar-refractivity contribution is 7.92. The fraction of sp³-hybridized carbons (Fsp3) is 0.136. The molecule has 3 aromatic carbocycles. The van der Waals surface area contributed by atoms with E-state index in [9.17, 15) is 13.2 Å². The maximum atomic E-state index is 12.6. The lowest BCUT2D eigenvalue weighted by Gasteiger charge is -2.12. The van der Waals surface area contributed by atoms with Crippen molar-refractivity contribution in [3.8, 4) is 17.2 Å². The summed E-state index contributed by atoms with van der Waals surface area (Å²) in [6.07, 6.45) is 0. The van der Waals surface area contributed by atoms with Crippen LogP contribution in [0.5, 0.6) is 17.2 Å². The first-order valence-electron chi connectivity index (χ1n) is 9.24. The van der Waals surface area contributed by atoms with E-state index >= 15 is 0 Å². The van der Waals surface area contributed by atoms with Crippen LogP contribution in [0.3, 0.4) is 0 Å². The first-order chi connectivity index (χ1) is 14.9. The molecule has 2 N–H and O–H groups in total. The number of sulfonamides is 1. The standard InChI is InChI=1S/C22H22N2O6S/c1-28-17-6-5-7-18(14-17)30-15-22(25)23-16-10-12-19(13-11-16)31(26,27)24-20-8-3-4-9-21(20)29-2/h3-14,24H,15H2,1-2H3,(H,23,25). The van der Waals surface area contributed by atoms with E-state index in [4.69, 9.17) is 14.2 Å². The molecule has 0 aromatic heterocycles. The van der Waals surface area contributed by atoms with Gasteiger partial charge in [0, 0.05) is 11.8 Å². The Morgan fingerprint density at radius 2 is 1.58 bits per heavy atom. The van der Waals surface area contributed by atoms with Crippen LogP contribution < -0.4 is 24.2 Å². The topological polar surface area (TPSA) is 103 Å². The number of anilines is 2. The number of benzene rings is 3. The SMILES string of the molecule is COc1cccc(OCC(=O)Nc2ccc(S(=O)(=O)Nc3ccccc3OC)cc2)c1. The summed E-state index contributed by atoms with van der Waals surface area (Å²) in [5.74, 6) is 1.14. The van der Waals surface area contributed by atoms with Gasteiger partial charge in [-0.1, -0.05) is 18.2 Å². The van der Waals surface area contributed by atoms with Gasteiger partial charge in [0.1, 0.15) is 17.2 Å². The van der Waals surface area contributed by atoms with Gasteiger partial charge in [0.2, 0.25) is 0 Å². The molecule has 0 aliphatic carbocycles. The summed E-state index contributed by atoms with van der Waals surface area (Å²) in [6.45, 7) is -0.206. The summed E-state index contributed by atoms with van der Waals surface area (Å²) in [5, 5.41) is 2.66. The summed E-state index contributed by atoms with van der Waals surface area (Å²) in [4.78, 5) is 12.2. The zero-order valence-corrected chi connectivity index (χ0v) is 17.8. The first kappa shape index (κ1) is 22.0. The van der Waals surface area contributed by atoms with E-state index in [2.05, 4.69) is 10.0 Å². The van der Waals surface area contributed by atoms with Gasteiger partial charge in [-0.3, -0.25) is 9.52 Å². The number of methoxy groups -OCH3 is 2. The molecular weight excluding hydrogens is 420 g/mol. The summed E-state index contributed by atoms with van der Waals surface area (Å²) in [7, 11) is -0.819. The fourth-order valence-electron chi connectivity index (χ4n) is 2.69. The predicted molar refractivity (Wildman–Crippen MR) is 117 cm³/mol. The molecule has 0 bridgehead atoms. The third-order valence-corrected chi connectivity index (χ3v) is 5.59. The van der Waals surface area contributed by atoms with Crippen molar-refractivity contribution in [3.05, 3.63) is 72.8 Å². The second-order valence-electron chi connectivity index (χ2n) is 6.35. The Bertz CT molecular complexity index is 1150. The van der Waals surface area contributed by atoms with Gasteiger partial charge < -0.3 is 19.5 Å². The highest BCUT2D eigenvalue weighted by Crippen LogP contribution is 2.26. The lowest BCUT2D eigenvalue weighted by Crippen LogP contribution is -2.20. The molecule has 0 saturated heterocycles. The third kappa shape index (κ3) is 5.89. The average Bonchev–Trinajstić information content (AvgIpc) is 2.78. The van der Waals surface area contributed by atoms with Gasteiger partial charge in [0.25, 0.3) is 15.9 Å². The largest absolute Gasteiger partial charge is 0.497 e. The number of rotatable bonds is 9. The summed E-state index contributed by atoms with van der Waals surface area (Å²) < 4.78 is 43.5. The van der Waals surface area contributed by atoms with Gasteiger partial charge in [-0.15, -0.1) is 0 Å². The van der Waals surface area contributed by atoms with Crippen LogP contribution in [0, 0.1) is 0 Å². The van der Waals surface area contributed by atoms with E-state index in [1.165, 1.54) is 31.4 Å². The number of ether oxygens (including phenoxy) is 3. The molecule has 1 amide bonds. The molecular formula is C22H22N2O6S. The first-order valence-corrected chi connectivity index (χ1v) is 10.7. The molecule has 0 aliphatic rings. The van der Waals surface area contributed by atoms with Crippen LogP contribution in [0.1, 0.15) is 0 Å². The molecule has 9 heteroatoms. The molecule has 3 rings (SSSR count). The van der Waals surface area contributed by atoms with Crippen molar-refractivity contribution in [3.63, 3.8) is 0 Å². The molecule has 0 fully saturated rings. The molecule has 8 nitrogen and oxygen atoms in total. The molecule has 0 spiro atoms. The van der Waals surface area contributed by atoms with E-state index in [0.717, 1.165) is 0 Å². The van der Waals surface area contributed by atoms with Gasteiger partial charge >= 0.3 is 0 Å². The Hall–Kier alpha value is -3.72. The second-order valence-corrected chi connectivity index (χ2v) is 8.03. The highest BCUT2D eigenvalue weighted by atomic mass is 32.2. The fourth-order valence-corrected chi connectivity index (χ4v) is 3.76. The Balaban J connectivity index is 1.60. The van der Waals surface area contributed by atoms with Crippen molar-refractivity contribution in [1.29, 1.82) is 0 Å². The van der Waals surface area contributed by atoms with Crippen molar-refractivity contribution in [2.24, 2.45) is 0 Å². The van der Waals surface area contributed by atoms with Crippen LogP contribution in [0.15, 0.2) is 77.7 Å². The molecule has 0 atom stereocenters. The number of hydrogen-bond donors (Lipinski definition) is 2. The number of carbonyl (C=O) groups excluding carboxylic acids is 1. The quantitative estimate of drug-likeness (QED) is 0.526. The Morgan fingerprint density at radius 1 is 0.871 bits per heavy atom. The molecule has 162 valence electrons. The monoisotopic (exact) mass is 442 g/mol. The minimum Gasteiger partial charge on any atom is -0.497 e. The van der Waals surface area contributed by atoms with Gasteiger partial charge in [0.05, 0.1) is 24.8 Å². The van der Waals surface area contributed by atoms with Crippen molar-refractivity contribution < 1.29 is 27.4 Å². The van der Waals surface area contributed by atoms with Crippen molar-refractivity contribution in [2.75, 3.05) is 30.9 Å². The van der Waals surface area contributed by atoms with E-state index in [1.54, 1.807) is 55.6 Å². The van der Waals surface area contributed by atoms with Gasteiger partial charge in [-0.25, -0.2) is 8.42 Å². The van der Waals surface area contributed by atoms with E-state index in [-0.39, 0.29) is 17.4 Å². The van der Waals surface area contributed by atoms with Crippen LogP contribution in [-0.2, 0) is 14.8 Å². The van der Waals surface area contributed by atoms with Crippen molar-refractivity contribution in [2.45, 2.75) is 4.90 Å². The number of amides is 1. The van der Waals surface area contributed by atoms with Gasteiger partial charge in [0.15, 0.2) is 6.61 Å². The molecule has 0 radical (unpaired) electrons. The number of nitrogens with one attached hydrogen (secondary N) is 2. The summed E-state index contributed by atoms with van der Waals surface area (Å²) in [6, 6.07) is 19.4. The van der Waals surface area contributed by atoms with E-state index < -0.39 is 10.0 Å². The zero-order chi connectivity index (χ0) is 22.3. The third-order valence-electron chi connectivity index (χ3n) is 4.21. The van der Waals surface area contributed by atoms with Crippen molar-refractivity contribution in [1.82, 2.24) is 0 Å². The van der Waals surface area contributed by atoms with Gasteiger partial charge in [-0.05, 0) is 48.5 Å². The maximum Gasteiger partial charge on any atom is 0.262 e. The lowest BCUT2D eigenvalue weighted by molar-refractivity contribution is -0.118. The predicted octanol–water partition coefficient (Wildman–Crippen LogP) is 3.52. The normalized spacial score (nSPS) is 10.8. The molecule has 0 unspecified atom stereocenters. The van der Waals surface area contributed by atoms with Crippen LogP contribution in [0.2, 0.25) is 0 Å². The molecule has 3 aromatic rings. The Morgan fingerprint density at radius 3 is 2.29 bits per heavy atom. The Kier molecular flexibility index (Phi) is 6.99. The second kappa shape index (κ2) is 9.86. The molecule has 0 aliphatic heterocycles. The molecule has 0 saturated carbocycles. The summed E-state index contributed by atoms with van der Waals surface area (Å²) >= 11 is 0. The van der Waals surface area contributed by atoms with Crippen LogP contribution in [0.4, 0.5) is 11.4 Å². The number of carbonyl (C=O) groups is 1. The van der Waals surface area contributed by atoms with Crippen LogP contribution >= 0.6 is 0 Å². The smallest absolute Gasteiger partial charge is 0.262 e. The summed E-state index contributed by atoms with van der Waals surface area (Å²) in [5.41, 5.74) is 0.771. The van der Waals surface area contributed by atoms with Crippen LogP contribution in [-0.4, -0.2) is 35.2 Å². The maximum absolute atomic E-state index is 12.6. The Labute approximate surface area is 180 Å². The number of hydrogen-bond acceptors (Lipinski definition) is 6. The zero-order valence-electron chi connectivity index (χ0n) is 17.0. The minimum absolute atomic E-state index is 0.0454. The number of para-hydroxylation sites is 2. The minimum atomic E-state index is -3.82. The van der Waals surface area contributed by atoms with Gasteiger partial charge in [-0.2, -0.15) is 0 Å². The lowest BCUT2D eigenvalue weighted by atomic mass is 10.3. The highest BCUT2D eigenvalue weighted by Gasteiger charge is 2.16. The average molecular weight is 442 g/mol. The van der Waals surface area contributed by atoms with Crippen molar-refractivity contribution >= 4 is 27.3 Å².